The zero-order valence-electron chi connectivity index (χ0n) is 41.9. The quantitative estimate of drug-likeness (QED) is 0.166. The highest BCUT2D eigenvalue weighted by Gasteiger charge is 2.52. The molecule has 3 heteroatoms. The van der Waals surface area contributed by atoms with Crippen LogP contribution in [0.1, 0.15) is 44.5 Å². The van der Waals surface area contributed by atoms with Crippen LogP contribution in [0.15, 0.2) is 285 Å². The van der Waals surface area contributed by atoms with Crippen molar-refractivity contribution in [3.8, 4) is 78.6 Å². The Morgan fingerprint density at radius 3 is 1.25 bits per heavy atom. The molecule has 12 aromatic rings. The molecule has 0 N–H and O–H groups in total. The highest BCUT2D eigenvalue weighted by molar-refractivity contribution is 5.94. The molecule has 77 heavy (non-hydrogen) atoms. The van der Waals surface area contributed by atoms with E-state index in [1.54, 1.807) is 0 Å². The van der Waals surface area contributed by atoms with Crippen molar-refractivity contribution in [3.05, 3.63) is 330 Å². The minimum absolute atomic E-state index is 0.505. The van der Waals surface area contributed by atoms with Crippen LogP contribution in [0.4, 0.5) is 17.1 Å². The average Bonchev–Trinajstić information content (AvgIpc) is 4.18. The third-order valence-electron chi connectivity index (χ3n) is 16.8. The Kier molecular flexibility index (Phi) is 9.47. The molecule has 2 aliphatic carbocycles. The van der Waals surface area contributed by atoms with E-state index in [1.165, 1.54) is 61.2 Å². The van der Waals surface area contributed by atoms with Crippen molar-refractivity contribution < 1.29 is 9.47 Å². The zero-order valence-corrected chi connectivity index (χ0v) is 41.9. The van der Waals surface area contributed by atoms with Gasteiger partial charge in [-0.2, -0.15) is 0 Å². The molecule has 0 bridgehead atoms. The molecule has 16 rings (SSSR count). The lowest BCUT2D eigenvalue weighted by molar-refractivity contribution is 0.436. The minimum atomic E-state index is -0.557. The predicted octanol–water partition coefficient (Wildman–Crippen LogP) is 19.1. The summed E-state index contributed by atoms with van der Waals surface area (Å²) in [6, 6.07) is 104. The number of rotatable bonds is 6. The molecule has 0 unspecified atom stereocenters. The van der Waals surface area contributed by atoms with Gasteiger partial charge in [-0.3, -0.25) is 0 Å². The number of benzene rings is 12. The molecule has 0 saturated carbocycles. The van der Waals surface area contributed by atoms with Gasteiger partial charge >= 0.3 is 0 Å². The monoisotopic (exact) mass is 981 g/mol. The Morgan fingerprint density at radius 2 is 0.636 bits per heavy atom. The number of nitrogens with zero attached hydrogens (tertiary/aromatic N) is 1. The fourth-order valence-electron chi connectivity index (χ4n) is 13.7. The van der Waals surface area contributed by atoms with Crippen molar-refractivity contribution >= 4 is 17.1 Å². The molecule has 2 aliphatic heterocycles. The standard InChI is InChI=1S/C74H47NO2/c1-2-19-49(20-3-1)55-23-6-13-32-68(55)75(53-41-37-48(38-42-53)51-40-44-62-59(46-51)57-25-5-8-27-61(57)73(62)63-28-9-14-33-69(63)76-70-34-15-10-29-64(70)73)54-22-18-21-50(45-54)52-39-43-58-56-24-4-7-26-60(56)74(67(58)47-52)65-30-11-16-35-71(65)77-72-36-17-12-31-66(72)74/h1-47H. The van der Waals surface area contributed by atoms with Gasteiger partial charge < -0.3 is 14.4 Å². The second-order valence-electron chi connectivity index (χ2n) is 20.6. The summed E-state index contributed by atoms with van der Waals surface area (Å²) in [5.41, 5.74) is 23.8. The van der Waals surface area contributed by atoms with Crippen molar-refractivity contribution in [1.82, 2.24) is 0 Å². The first-order chi connectivity index (χ1) is 38.2. The molecule has 4 aliphatic rings. The van der Waals surface area contributed by atoms with E-state index in [0.717, 1.165) is 79.0 Å². The predicted molar refractivity (Wildman–Crippen MR) is 312 cm³/mol. The zero-order chi connectivity index (χ0) is 50.7. The molecule has 0 radical (unpaired) electrons. The lowest BCUT2D eigenvalue weighted by Crippen LogP contribution is -2.32. The average molecular weight is 982 g/mol. The number of ether oxygens (including phenoxy) is 2. The lowest BCUT2D eigenvalue weighted by Gasteiger charge is -2.39. The Labute approximate surface area is 448 Å². The van der Waals surface area contributed by atoms with Crippen LogP contribution in [0.25, 0.3) is 55.6 Å². The van der Waals surface area contributed by atoms with Crippen molar-refractivity contribution in [3.63, 3.8) is 0 Å². The second-order valence-corrected chi connectivity index (χ2v) is 20.6. The van der Waals surface area contributed by atoms with Crippen molar-refractivity contribution in [2.45, 2.75) is 10.8 Å². The Morgan fingerprint density at radius 1 is 0.221 bits per heavy atom. The summed E-state index contributed by atoms with van der Waals surface area (Å²) in [5, 5.41) is 0. The molecular weight excluding hydrogens is 935 g/mol. The molecule has 3 nitrogen and oxygen atoms in total. The summed E-state index contributed by atoms with van der Waals surface area (Å²) in [6.07, 6.45) is 0. The van der Waals surface area contributed by atoms with E-state index in [9.17, 15) is 0 Å². The number of hydrogen-bond acceptors (Lipinski definition) is 3. The minimum Gasteiger partial charge on any atom is -0.457 e. The molecule has 0 fully saturated rings. The van der Waals surface area contributed by atoms with E-state index >= 15 is 0 Å². The summed E-state index contributed by atoms with van der Waals surface area (Å²) in [7, 11) is 0. The summed E-state index contributed by atoms with van der Waals surface area (Å²) in [4.78, 5) is 2.42. The third kappa shape index (κ3) is 6.20. The molecule has 0 saturated heterocycles. The molecule has 2 spiro atoms. The first-order valence-corrected chi connectivity index (χ1v) is 26.6. The van der Waals surface area contributed by atoms with Crippen LogP contribution in [0.5, 0.6) is 23.0 Å². The van der Waals surface area contributed by atoms with Crippen LogP contribution in [0.3, 0.4) is 0 Å². The van der Waals surface area contributed by atoms with Crippen molar-refractivity contribution in [2.75, 3.05) is 4.90 Å². The largest absolute Gasteiger partial charge is 0.457 e. The molecule has 360 valence electrons. The van der Waals surface area contributed by atoms with Gasteiger partial charge in [-0.15, -0.1) is 0 Å². The fraction of sp³-hybridized carbons (Fsp3) is 0.0270. The molecule has 12 aromatic carbocycles. The van der Waals surface area contributed by atoms with Crippen LogP contribution in [-0.2, 0) is 10.8 Å². The van der Waals surface area contributed by atoms with Crippen LogP contribution in [0.2, 0.25) is 0 Å². The maximum absolute atomic E-state index is 6.67. The summed E-state index contributed by atoms with van der Waals surface area (Å²) in [6.45, 7) is 0. The van der Waals surface area contributed by atoms with Crippen molar-refractivity contribution in [1.29, 1.82) is 0 Å². The van der Waals surface area contributed by atoms with Gasteiger partial charge in [0.05, 0.1) is 16.5 Å². The Balaban J connectivity index is 0.831. The maximum atomic E-state index is 6.67. The number of fused-ring (bicyclic) bond motifs is 18. The van der Waals surface area contributed by atoms with Crippen LogP contribution < -0.4 is 14.4 Å². The smallest absolute Gasteiger partial charge is 0.132 e. The number of hydrogen-bond donors (Lipinski definition) is 0. The Hall–Kier alpha value is -9.96. The second kappa shape index (κ2) is 16.8. The lowest BCUT2D eigenvalue weighted by atomic mass is 9.66. The topological polar surface area (TPSA) is 21.7 Å². The van der Waals surface area contributed by atoms with Gasteiger partial charge in [-0.25, -0.2) is 0 Å². The van der Waals surface area contributed by atoms with E-state index in [0.29, 0.717) is 0 Å². The SMILES string of the molecule is c1ccc(-c2ccccc2N(c2ccc(-c3ccc4c(c3)-c3ccccc3C43c4ccccc4Oc4ccccc43)cc2)c2cccc(-c3ccc4c(c3)C3(c5ccccc5Oc5ccccc53)c3ccccc3-4)c2)cc1. The van der Waals surface area contributed by atoms with Gasteiger partial charge in [-0.05, 0) is 139 Å². The molecule has 0 amide bonds. The highest BCUT2D eigenvalue weighted by Crippen LogP contribution is 2.64. The van der Waals surface area contributed by atoms with Gasteiger partial charge in [0, 0.05) is 39.2 Å². The number of anilines is 3. The molecule has 2 heterocycles. The molecular formula is C74H47NO2. The van der Waals surface area contributed by atoms with E-state index in [2.05, 4.69) is 290 Å². The van der Waals surface area contributed by atoms with Gasteiger partial charge in [0.15, 0.2) is 0 Å². The van der Waals surface area contributed by atoms with Crippen LogP contribution >= 0.6 is 0 Å². The normalized spacial score (nSPS) is 13.9. The summed E-state index contributed by atoms with van der Waals surface area (Å²) in [5.74, 6) is 3.58. The highest BCUT2D eigenvalue weighted by atomic mass is 16.5. The molecule has 0 atom stereocenters. The van der Waals surface area contributed by atoms with Crippen LogP contribution in [0, 0.1) is 0 Å². The van der Waals surface area contributed by atoms with E-state index in [1.807, 2.05) is 0 Å². The first-order valence-electron chi connectivity index (χ1n) is 26.6. The number of para-hydroxylation sites is 5. The van der Waals surface area contributed by atoms with Gasteiger partial charge in [0.2, 0.25) is 0 Å². The summed E-state index contributed by atoms with van der Waals surface area (Å²) >= 11 is 0. The van der Waals surface area contributed by atoms with E-state index in [4.69, 9.17) is 9.47 Å². The Bertz CT molecular complexity index is 4270. The van der Waals surface area contributed by atoms with Gasteiger partial charge in [0.1, 0.15) is 23.0 Å². The van der Waals surface area contributed by atoms with Crippen LogP contribution in [-0.4, -0.2) is 0 Å². The first kappa shape index (κ1) is 43.4. The van der Waals surface area contributed by atoms with E-state index in [-0.39, 0.29) is 0 Å². The van der Waals surface area contributed by atoms with E-state index < -0.39 is 10.8 Å². The fourth-order valence-corrected chi connectivity index (χ4v) is 13.7. The summed E-state index contributed by atoms with van der Waals surface area (Å²) < 4.78 is 13.3. The molecule has 0 aromatic heterocycles. The maximum Gasteiger partial charge on any atom is 0.132 e. The van der Waals surface area contributed by atoms with Crippen molar-refractivity contribution in [2.24, 2.45) is 0 Å². The van der Waals surface area contributed by atoms with Gasteiger partial charge in [0.25, 0.3) is 0 Å². The van der Waals surface area contributed by atoms with Gasteiger partial charge in [-0.1, -0.05) is 218 Å². The third-order valence-corrected chi connectivity index (χ3v) is 16.8.